The molecule has 0 radical (unpaired) electrons. The molecular formula is C23H31N5O. The molecule has 2 aromatic heterocycles. The standard InChI is InChI=1S/C23H31N5O/c1-17-5-7-18(8-6-17)19-16-25-28-21(15-20(23(2,3)4)26-22(19)28)24-9-10-27-11-13-29-14-12-27/h5-8,15-16,24H,9-14H2,1-4H3. The fourth-order valence-electron chi connectivity index (χ4n) is 3.58. The molecule has 0 aliphatic carbocycles. The average Bonchev–Trinajstić information content (AvgIpc) is 3.13. The van der Waals surface area contributed by atoms with E-state index < -0.39 is 0 Å². The van der Waals surface area contributed by atoms with Crippen LogP contribution in [0.25, 0.3) is 16.8 Å². The maximum Gasteiger partial charge on any atom is 0.165 e. The molecule has 3 heterocycles. The lowest BCUT2D eigenvalue weighted by molar-refractivity contribution is 0.0398. The van der Waals surface area contributed by atoms with Gasteiger partial charge in [0.2, 0.25) is 0 Å². The van der Waals surface area contributed by atoms with Gasteiger partial charge in [-0.1, -0.05) is 50.6 Å². The summed E-state index contributed by atoms with van der Waals surface area (Å²) in [6.45, 7) is 14.2. The molecule has 3 aromatic rings. The highest BCUT2D eigenvalue weighted by atomic mass is 16.5. The van der Waals surface area contributed by atoms with Crippen molar-refractivity contribution in [3.63, 3.8) is 0 Å². The van der Waals surface area contributed by atoms with Crippen molar-refractivity contribution in [1.29, 1.82) is 0 Å². The Labute approximate surface area is 172 Å². The Kier molecular flexibility index (Phi) is 5.56. The number of rotatable bonds is 5. The number of aromatic nitrogens is 3. The normalized spacial score (nSPS) is 15.7. The van der Waals surface area contributed by atoms with Gasteiger partial charge in [-0.05, 0) is 12.5 Å². The first-order valence-corrected chi connectivity index (χ1v) is 10.4. The Morgan fingerprint density at radius 3 is 2.52 bits per heavy atom. The lowest BCUT2D eigenvalue weighted by Gasteiger charge is -2.26. The van der Waals surface area contributed by atoms with Crippen molar-refractivity contribution < 1.29 is 4.74 Å². The molecule has 0 bridgehead atoms. The fraction of sp³-hybridized carbons (Fsp3) is 0.478. The third-order valence-electron chi connectivity index (χ3n) is 5.44. The molecule has 1 fully saturated rings. The zero-order valence-corrected chi connectivity index (χ0v) is 17.9. The number of aryl methyl sites for hydroxylation is 1. The van der Waals surface area contributed by atoms with Gasteiger partial charge in [0.25, 0.3) is 0 Å². The molecule has 1 N–H and O–H groups in total. The van der Waals surface area contributed by atoms with E-state index in [1.165, 1.54) is 5.56 Å². The molecule has 1 aliphatic rings. The third-order valence-corrected chi connectivity index (χ3v) is 5.44. The summed E-state index contributed by atoms with van der Waals surface area (Å²) in [5, 5.41) is 8.26. The Morgan fingerprint density at radius 1 is 1.10 bits per heavy atom. The molecule has 1 aromatic carbocycles. The number of nitrogens with one attached hydrogen (secondary N) is 1. The maximum absolute atomic E-state index is 5.44. The van der Waals surface area contributed by atoms with Crippen molar-refractivity contribution >= 4 is 11.5 Å². The van der Waals surface area contributed by atoms with Gasteiger partial charge in [0, 0.05) is 43.2 Å². The van der Waals surface area contributed by atoms with E-state index in [-0.39, 0.29) is 5.41 Å². The molecule has 6 nitrogen and oxygen atoms in total. The van der Waals surface area contributed by atoms with Crippen LogP contribution in [0.5, 0.6) is 0 Å². The summed E-state index contributed by atoms with van der Waals surface area (Å²) in [6.07, 6.45) is 1.92. The molecule has 0 saturated carbocycles. The van der Waals surface area contributed by atoms with Crippen LogP contribution in [-0.4, -0.2) is 58.9 Å². The number of morpholine rings is 1. The van der Waals surface area contributed by atoms with Gasteiger partial charge in [0.15, 0.2) is 5.65 Å². The summed E-state index contributed by atoms with van der Waals surface area (Å²) in [7, 11) is 0. The highest BCUT2D eigenvalue weighted by molar-refractivity contribution is 5.78. The maximum atomic E-state index is 5.44. The number of hydrogen-bond donors (Lipinski definition) is 1. The van der Waals surface area contributed by atoms with Crippen LogP contribution in [0.4, 0.5) is 5.82 Å². The Hall–Kier alpha value is -2.44. The number of benzene rings is 1. The largest absolute Gasteiger partial charge is 0.379 e. The molecule has 29 heavy (non-hydrogen) atoms. The molecule has 1 saturated heterocycles. The van der Waals surface area contributed by atoms with Crippen LogP contribution in [0, 0.1) is 6.92 Å². The molecule has 4 rings (SSSR count). The van der Waals surface area contributed by atoms with Crippen LogP contribution in [0.2, 0.25) is 0 Å². The van der Waals surface area contributed by atoms with Gasteiger partial charge >= 0.3 is 0 Å². The molecule has 154 valence electrons. The van der Waals surface area contributed by atoms with Crippen LogP contribution in [0.1, 0.15) is 32.0 Å². The number of hydrogen-bond acceptors (Lipinski definition) is 5. The number of ether oxygens (including phenoxy) is 1. The van der Waals surface area contributed by atoms with E-state index in [2.05, 4.69) is 73.3 Å². The molecular weight excluding hydrogens is 362 g/mol. The predicted molar refractivity (Wildman–Crippen MR) is 118 cm³/mol. The van der Waals surface area contributed by atoms with Crippen molar-refractivity contribution in [2.24, 2.45) is 0 Å². The lowest BCUT2D eigenvalue weighted by atomic mass is 9.92. The number of fused-ring (bicyclic) bond motifs is 1. The van der Waals surface area contributed by atoms with E-state index >= 15 is 0 Å². The van der Waals surface area contributed by atoms with Crippen molar-refractivity contribution in [2.45, 2.75) is 33.1 Å². The van der Waals surface area contributed by atoms with Crippen LogP contribution in [0.3, 0.4) is 0 Å². The predicted octanol–water partition coefficient (Wildman–Crippen LogP) is 3.75. The Balaban J connectivity index is 1.66. The van der Waals surface area contributed by atoms with Crippen molar-refractivity contribution in [3.8, 4) is 11.1 Å². The second kappa shape index (κ2) is 8.13. The van der Waals surface area contributed by atoms with E-state index in [1.54, 1.807) is 0 Å². The smallest absolute Gasteiger partial charge is 0.165 e. The second-order valence-electron chi connectivity index (χ2n) is 8.82. The van der Waals surface area contributed by atoms with E-state index in [0.29, 0.717) is 0 Å². The van der Waals surface area contributed by atoms with E-state index in [9.17, 15) is 0 Å². The van der Waals surface area contributed by atoms with E-state index in [0.717, 1.165) is 67.7 Å². The first kappa shape index (κ1) is 19.9. The van der Waals surface area contributed by atoms with Crippen LogP contribution in [-0.2, 0) is 10.2 Å². The lowest BCUT2D eigenvalue weighted by Crippen LogP contribution is -2.39. The zero-order chi connectivity index (χ0) is 20.4. The van der Waals surface area contributed by atoms with Gasteiger partial charge in [-0.2, -0.15) is 9.61 Å². The van der Waals surface area contributed by atoms with Gasteiger partial charge in [-0.25, -0.2) is 4.98 Å². The molecule has 0 spiro atoms. The van der Waals surface area contributed by atoms with E-state index in [1.807, 2.05) is 10.7 Å². The van der Waals surface area contributed by atoms with Crippen LogP contribution >= 0.6 is 0 Å². The summed E-state index contributed by atoms with van der Waals surface area (Å²) in [5.74, 6) is 0.992. The third kappa shape index (κ3) is 4.43. The topological polar surface area (TPSA) is 54.7 Å². The monoisotopic (exact) mass is 393 g/mol. The minimum atomic E-state index is -0.0444. The summed E-state index contributed by atoms with van der Waals surface area (Å²) < 4.78 is 7.38. The molecule has 0 amide bonds. The van der Waals surface area contributed by atoms with Gasteiger partial charge in [-0.15, -0.1) is 0 Å². The highest BCUT2D eigenvalue weighted by Crippen LogP contribution is 2.29. The van der Waals surface area contributed by atoms with Crippen molar-refractivity contribution in [2.75, 3.05) is 44.7 Å². The van der Waals surface area contributed by atoms with Gasteiger partial charge in [0.05, 0.1) is 25.1 Å². The minimum Gasteiger partial charge on any atom is -0.379 e. The first-order valence-electron chi connectivity index (χ1n) is 10.4. The highest BCUT2D eigenvalue weighted by Gasteiger charge is 2.21. The quantitative estimate of drug-likeness (QED) is 0.716. The number of anilines is 1. The summed E-state index contributed by atoms with van der Waals surface area (Å²) in [5.41, 5.74) is 5.37. The van der Waals surface area contributed by atoms with Crippen molar-refractivity contribution in [1.82, 2.24) is 19.5 Å². The molecule has 6 heteroatoms. The zero-order valence-electron chi connectivity index (χ0n) is 17.9. The Morgan fingerprint density at radius 2 is 1.83 bits per heavy atom. The molecule has 1 aliphatic heterocycles. The number of nitrogens with zero attached hydrogens (tertiary/aromatic N) is 4. The van der Waals surface area contributed by atoms with Gasteiger partial charge < -0.3 is 10.1 Å². The average molecular weight is 394 g/mol. The Bertz CT molecular complexity index is 965. The van der Waals surface area contributed by atoms with Crippen LogP contribution < -0.4 is 5.32 Å². The molecule has 0 unspecified atom stereocenters. The molecule has 0 atom stereocenters. The van der Waals surface area contributed by atoms with Crippen LogP contribution in [0.15, 0.2) is 36.5 Å². The van der Waals surface area contributed by atoms with Gasteiger partial charge in [-0.3, -0.25) is 4.90 Å². The minimum absolute atomic E-state index is 0.0444. The van der Waals surface area contributed by atoms with Crippen molar-refractivity contribution in [3.05, 3.63) is 47.8 Å². The summed E-state index contributed by atoms with van der Waals surface area (Å²) in [6, 6.07) is 10.7. The van der Waals surface area contributed by atoms with E-state index in [4.69, 9.17) is 9.72 Å². The first-order chi connectivity index (χ1) is 13.9. The van der Waals surface area contributed by atoms with Gasteiger partial charge in [0.1, 0.15) is 5.82 Å². The second-order valence-corrected chi connectivity index (χ2v) is 8.82. The SMILES string of the molecule is Cc1ccc(-c2cnn3c(NCCN4CCOCC4)cc(C(C)(C)C)nc23)cc1. The fourth-order valence-corrected chi connectivity index (χ4v) is 3.58. The summed E-state index contributed by atoms with van der Waals surface area (Å²) in [4.78, 5) is 7.43. The summed E-state index contributed by atoms with van der Waals surface area (Å²) >= 11 is 0.